The van der Waals surface area contributed by atoms with Gasteiger partial charge in [0.05, 0.1) is 6.10 Å². The second-order valence-electron chi connectivity index (χ2n) is 9.41. The van der Waals surface area contributed by atoms with Gasteiger partial charge < -0.3 is 9.84 Å². The number of nitrogens with zero attached hydrogens (tertiary/aromatic N) is 1. The molecule has 6 nitrogen and oxygen atoms in total. The topological polar surface area (TPSA) is 76.1 Å². The van der Waals surface area contributed by atoms with Crippen molar-refractivity contribution < 1.29 is 24.3 Å². The fourth-order valence-corrected chi connectivity index (χ4v) is 4.65. The number of ether oxygens (including phenoxy) is 1. The molecule has 0 atom stereocenters. The van der Waals surface area contributed by atoms with Crippen LogP contribution in [0.5, 0.6) is 0 Å². The summed E-state index contributed by atoms with van der Waals surface area (Å²) in [6.07, 6.45) is 9.12. The van der Waals surface area contributed by atoms with E-state index in [0.29, 0.717) is 18.9 Å². The van der Waals surface area contributed by atoms with Crippen molar-refractivity contribution in [1.29, 1.82) is 0 Å². The molecular weight excluding hydrogens is 346 g/mol. The van der Waals surface area contributed by atoms with Gasteiger partial charge in [-0.1, -0.05) is 19.3 Å². The van der Waals surface area contributed by atoms with Crippen LogP contribution in [0.2, 0.25) is 0 Å². The Kier molecular flexibility index (Phi) is 7.69. The van der Waals surface area contributed by atoms with E-state index in [2.05, 4.69) is 32.8 Å². The number of aliphatic carboxylic acids is 1. The molecule has 1 N–H and O–H groups in total. The lowest BCUT2D eigenvalue weighted by atomic mass is 9.80. The van der Waals surface area contributed by atoms with Crippen LogP contribution in [0.3, 0.4) is 0 Å². The van der Waals surface area contributed by atoms with E-state index >= 15 is 0 Å². The minimum absolute atomic E-state index is 0.101. The molecule has 1 aliphatic heterocycles. The van der Waals surface area contributed by atoms with Gasteiger partial charge in [0.15, 0.2) is 0 Å². The second-order valence-corrected chi connectivity index (χ2v) is 9.41. The number of carbonyl (C=O) groups excluding carboxylic acids is 1. The van der Waals surface area contributed by atoms with Crippen molar-refractivity contribution in [3.8, 4) is 0 Å². The van der Waals surface area contributed by atoms with Gasteiger partial charge in [0.2, 0.25) is 0 Å². The molecule has 6 heteroatoms. The molecule has 0 bridgehead atoms. The second kappa shape index (κ2) is 9.37. The van der Waals surface area contributed by atoms with E-state index in [4.69, 9.17) is 14.7 Å². The largest absolute Gasteiger partial charge is 0.481 e. The number of rotatable bonds is 8. The molecule has 0 aromatic carbocycles. The van der Waals surface area contributed by atoms with E-state index in [9.17, 15) is 9.59 Å². The zero-order chi connectivity index (χ0) is 20.1. The lowest BCUT2D eigenvalue weighted by molar-refractivity contribution is -0.318. The molecule has 0 amide bonds. The molecule has 0 radical (unpaired) electrons. The van der Waals surface area contributed by atoms with Gasteiger partial charge in [-0.2, -0.15) is 5.06 Å². The Morgan fingerprint density at radius 1 is 0.926 bits per heavy atom. The fraction of sp³-hybridized carbons (Fsp3) is 0.905. The maximum atomic E-state index is 12.2. The van der Waals surface area contributed by atoms with Gasteiger partial charge >= 0.3 is 11.9 Å². The molecule has 0 unspecified atom stereocenters. The smallest absolute Gasteiger partial charge is 0.306 e. The summed E-state index contributed by atoms with van der Waals surface area (Å²) in [5.41, 5.74) is -0.430. The standard InChI is InChI=1S/C21H37NO5/c1-20(2)14-17(26-19(25)13-9-8-12-18(23)24)15-21(3,4)22(20)27-16-10-6-5-7-11-16/h16-17H,5-15H2,1-4H3,(H,23,24). The number of hydroxylamine groups is 2. The zero-order valence-electron chi connectivity index (χ0n) is 17.5. The highest BCUT2D eigenvalue weighted by atomic mass is 16.7. The number of unbranched alkanes of at least 4 members (excludes halogenated alkanes) is 1. The minimum atomic E-state index is -0.822. The van der Waals surface area contributed by atoms with Crippen LogP contribution in [0, 0.1) is 0 Å². The first-order chi connectivity index (χ1) is 12.6. The normalized spacial score (nSPS) is 23.9. The van der Waals surface area contributed by atoms with E-state index in [1.165, 1.54) is 19.3 Å². The summed E-state index contributed by atoms with van der Waals surface area (Å²) < 4.78 is 5.74. The first-order valence-electron chi connectivity index (χ1n) is 10.5. The minimum Gasteiger partial charge on any atom is -0.481 e. The molecule has 1 heterocycles. The first-order valence-corrected chi connectivity index (χ1v) is 10.5. The number of carboxylic acid groups (broad SMARTS) is 1. The number of carbonyl (C=O) groups is 2. The van der Waals surface area contributed by atoms with Crippen molar-refractivity contribution in [2.45, 2.75) is 122 Å². The summed E-state index contributed by atoms with van der Waals surface area (Å²) in [4.78, 5) is 29.2. The monoisotopic (exact) mass is 383 g/mol. The third kappa shape index (κ3) is 6.75. The molecule has 1 saturated heterocycles. The SMILES string of the molecule is CC1(C)CC(OC(=O)CCCCC(=O)O)CC(C)(C)N1OC1CCCCC1. The molecule has 2 rings (SSSR count). The van der Waals surface area contributed by atoms with Gasteiger partial charge in [0.25, 0.3) is 0 Å². The molecule has 1 aliphatic carbocycles. The number of piperidine rings is 1. The number of carboxylic acids is 1. The van der Waals surface area contributed by atoms with Crippen molar-refractivity contribution in [2.24, 2.45) is 0 Å². The maximum absolute atomic E-state index is 12.2. The van der Waals surface area contributed by atoms with E-state index < -0.39 is 5.97 Å². The highest BCUT2D eigenvalue weighted by Crippen LogP contribution is 2.41. The van der Waals surface area contributed by atoms with Crippen LogP contribution < -0.4 is 0 Å². The molecule has 0 aromatic heterocycles. The summed E-state index contributed by atoms with van der Waals surface area (Å²) in [5.74, 6) is -1.05. The van der Waals surface area contributed by atoms with Gasteiger partial charge in [0.1, 0.15) is 6.10 Å². The van der Waals surface area contributed by atoms with E-state index in [-0.39, 0.29) is 36.0 Å². The molecule has 156 valence electrons. The third-order valence-corrected chi connectivity index (χ3v) is 5.68. The van der Waals surface area contributed by atoms with E-state index in [1.54, 1.807) is 0 Å². The fourth-order valence-electron chi connectivity index (χ4n) is 4.65. The zero-order valence-corrected chi connectivity index (χ0v) is 17.5. The molecule has 2 fully saturated rings. The van der Waals surface area contributed by atoms with Crippen molar-refractivity contribution in [2.75, 3.05) is 0 Å². The van der Waals surface area contributed by atoms with Crippen LogP contribution in [0.4, 0.5) is 0 Å². The number of hydrogen-bond acceptors (Lipinski definition) is 5. The van der Waals surface area contributed by atoms with Crippen LogP contribution in [0.15, 0.2) is 0 Å². The van der Waals surface area contributed by atoms with E-state index in [0.717, 1.165) is 25.7 Å². The van der Waals surface area contributed by atoms with Crippen LogP contribution in [-0.4, -0.2) is 45.4 Å². The Hall–Kier alpha value is -1.14. The number of esters is 1. The molecule has 0 aromatic rings. The van der Waals surface area contributed by atoms with Gasteiger partial charge in [-0.05, 0) is 53.4 Å². The molecular formula is C21H37NO5. The molecule has 0 spiro atoms. The molecule has 1 saturated carbocycles. The van der Waals surface area contributed by atoms with Crippen LogP contribution in [0.25, 0.3) is 0 Å². The Labute approximate surface area is 163 Å². The average Bonchev–Trinajstić information content (AvgIpc) is 2.55. The Balaban J connectivity index is 1.87. The summed E-state index contributed by atoms with van der Waals surface area (Å²) in [7, 11) is 0. The van der Waals surface area contributed by atoms with Crippen LogP contribution in [-0.2, 0) is 19.2 Å². The number of hydrogen-bond donors (Lipinski definition) is 1. The van der Waals surface area contributed by atoms with Gasteiger partial charge in [0, 0.05) is 36.8 Å². The Morgan fingerprint density at radius 2 is 1.48 bits per heavy atom. The van der Waals surface area contributed by atoms with Crippen molar-refractivity contribution >= 4 is 11.9 Å². The van der Waals surface area contributed by atoms with Gasteiger partial charge in [-0.3, -0.25) is 14.4 Å². The molecule has 27 heavy (non-hydrogen) atoms. The summed E-state index contributed by atoms with van der Waals surface area (Å²) in [6, 6.07) is 0. The molecule has 2 aliphatic rings. The maximum Gasteiger partial charge on any atom is 0.306 e. The Morgan fingerprint density at radius 3 is 2.04 bits per heavy atom. The lowest BCUT2D eigenvalue weighted by Crippen LogP contribution is -2.63. The summed E-state index contributed by atoms with van der Waals surface area (Å²) in [6.45, 7) is 8.63. The van der Waals surface area contributed by atoms with E-state index in [1.807, 2.05) is 0 Å². The van der Waals surface area contributed by atoms with Gasteiger partial charge in [-0.15, -0.1) is 0 Å². The predicted molar refractivity (Wildman–Crippen MR) is 103 cm³/mol. The quantitative estimate of drug-likeness (QED) is 0.493. The van der Waals surface area contributed by atoms with Crippen molar-refractivity contribution in [1.82, 2.24) is 5.06 Å². The highest BCUT2D eigenvalue weighted by molar-refractivity contribution is 5.70. The third-order valence-electron chi connectivity index (χ3n) is 5.68. The predicted octanol–water partition coefficient (Wildman–Crippen LogP) is 4.46. The summed E-state index contributed by atoms with van der Waals surface area (Å²) in [5, 5.41) is 10.8. The summed E-state index contributed by atoms with van der Waals surface area (Å²) >= 11 is 0. The first kappa shape index (κ1) is 22.2. The average molecular weight is 384 g/mol. The van der Waals surface area contributed by atoms with Crippen LogP contribution in [0.1, 0.15) is 98.3 Å². The van der Waals surface area contributed by atoms with Crippen LogP contribution >= 0.6 is 0 Å². The Bertz CT molecular complexity index is 493. The lowest BCUT2D eigenvalue weighted by Gasteiger charge is -2.54. The van der Waals surface area contributed by atoms with Gasteiger partial charge in [-0.25, -0.2) is 0 Å². The van der Waals surface area contributed by atoms with Crippen molar-refractivity contribution in [3.05, 3.63) is 0 Å². The highest BCUT2D eigenvalue weighted by Gasteiger charge is 2.48. The van der Waals surface area contributed by atoms with Crippen molar-refractivity contribution in [3.63, 3.8) is 0 Å².